The Hall–Kier alpha value is -1.06. The van der Waals surface area contributed by atoms with Crippen molar-refractivity contribution in [2.24, 2.45) is 5.92 Å². The molecule has 1 unspecified atom stereocenters. The lowest BCUT2D eigenvalue weighted by molar-refractivity contribution is 0.107. The average Bonchev–Trinajstić information content (AvgIpc) is 3.21. The zero-order chi connectivity index (χ0) is 13.0. The molecule has 0 saturated heterocycles. The van der Waals surface area contributed by atoms with Gasteiger partial charge in [0.25, 0.3) is 0 Å². The minimum Gasteiger partial charge on any atom is -0.497 e. The Morgan fingerprint density at radius 3 is 2.56 bits per heavy atom. The largest absolute Gasteiger partial charge is 0.497 e. The summed E-state index contributed by atoms with van der Waals surface area (Å²) in [7, 11) is 3.76. The van der Waals surface area contributed by atoms with E-state index in [1.54, 1.807) is 7.11 Å². The van der Waals surface area contributed by atoms with Crippen LogP contribution in [-0.4, -0.2) is 43.4 Å². The van der Waals surface area contributed by atoms with Crippen molar-refractivity contribution >= 4 is 0 Å². The minimum absolute atomic E-state index is 0.133. The van der Waals surface area contributed by atoms with Crippen molar-refractivity contribution in [1.29, 1.82) is 0 Å². The summed E-state index contributed by atoms with van der Waals surface area (Å²) in [5.74, 6) is 1.46. The van der Waals surface area contributed by atoms with Gasteiger partial charge in [-0.1, -0.05) is 12.1 Å². The van der Waals surface area contributed by atoms with Crippen LogP contribution in [0, 0.1) is 5.92 Å². The molecule has 3 heteroatoms. The highest BCUT2D eigenvalue weighted by Gasteiger charge is 2.30. The highest BCUT2D eigenvalue weighted by Crippen LogP contribution is 2.32. The normalized spacial score (nSPS) is 16.9. The van der Waals surface area contributed by atoms with Crippen molar-refractivity contribution in [3.63, 3.8) is 0 Å². The van der Waals surface area contributed by atoms with Gasteiger partial charge < -0.3 is 14.7 Å². The van der Waals surface area contributed by atoms with Gasteiger partial charge in [0.15, 0.2) is 0 Å². The molecule has 3 nitrogen and oxygen atoms in total. The van der Waals surface area contributed by atoms with Crippen molar-refractivity contribution in [1.82, 2.24) is 4.90 Å². The van der Waals surface area contributed by atoms with Crippen LogP contribution in [-0.2, 0) is 6.42 Å². The van der Waals surface area contributed by atoms with Crippen LogP contribution in [0.25, 0.3) is 0 Å². The summed E-state index contributed by atoms with van der Waals surface area (Å²) in [6, 6.07) is 8.19. The Kier molecular flexibility index (Phi) is 4.61. The topological polar surface area (TPSA) is 32.7 Å². The lowest BCUT2D eigenvalue weighted by Gasteiger charge is -2.20. The summed E-state index contributed by atoms with van der Waals surface area (Å²) in [4.78, 5) is 2.22. The van der Waals surface area contributed by atoms with Crippen LogP contribution >= 0.6 is 0 Å². The van der Waals surface area contributed by atoms with E-state index in [1.807, 2.05) is 12.1 Å². The molecule has 1 atom stereocenters. The summed E-state index contributed by atoms with van der Waals surface area (Å²) in [6.45, 7) is 1.77. The van der Waals surface area contributed by atoms with Crippen LogP contribution in [0.5, 0.6) is 5.75 Å². The number of methoxy groups -OCH3 is 1. The molecule has 1 aliphatic carbocycles. The number of hydrogen-bond acceptors (Lipinski definition) is 3. The van der Waals surface area contributed by atoms with Crippen LogP contribution in [0.2, 0.25) is 0 Å². The second kappa shape index (κ2) is 6.21. The molecular weight excluding hydrogens is 226 g/mol. The molecule has 1 saturated carbocycles. The number of rotatable bonds is 7. The van der Waals surface area contributed by atoms with E-state index in [4.69, 9.17) is 4.74 Å². The molecule has 0 aromatic heterocycles. The van der Waals surface area contributed by atoms with Gasteiger partial charge in [0.05, 0.1) is 13.2 Å². The van der Waals surface area contributed by atoms with Gasteiger partial charge in [-0.05, 0) is 49.9 Å². The molecule has 1 aromatic rings. The molecule has 1 aliphatic rings. The highest BCUT2D eigenvalue weighted by atomic mass is 16.5. The second-order valence-corrected chi connectivity index (χ2v) is 5.27. The van der Waals surface area contributed by atoms with Gasteiger partial charge in [-0.25, -0.2) is 0 Å². The highest BCUT2D eigenvalue weighted by molar-refractivity contribution is 5.27. The molecule has 1 N–H and O–H groups in total. The number of nitrogens with zero attached hydrogens (tertiary/aromatic N) is 1. The summed E-state index contributed by atoms with van der Waals surface area (Å²) in [5.41, 5.74) is 1.31. The number of aliphatic hydroxyl groups is 1. The fraction of sp³-hybridized carbons (Fsp3) is 0.600. The molecule has 0 radical (unpaired) electrons. The maximum Gasteiger partial charge on any atom is 0.118 e. The maximum atomic E-state index is 9.87. The van der Waals surface area contributed by atoms with Crippen LogP contribution in [0.1, 0.15) is 18.4 Å². The quantitative estimate of drug-likeness (QED) is 0.801. The van der Waals surface area contributed by atoms with E-state index in [0.717, 1.165) is 25.3 Å². The molecule has 0 aliphatic heterocycles. The Morgan fingerprint density at radius 1 is 1.33 bits per heavy atom. The molecule has 0 amide bonds. The molecule has 100 valence electrons. The Labute approximate surface area is 109 Å². The summed E-state index contributed by atoms with van der Waals surface area (Å²) in [5, 5.41) is 9.87. The third kappa shape index (κ3) is 4.00. The van der Waals surface area contributed by atoms with Crippen molar-refractivity contribution in [2.75, 3.05) is 27.2 Å². The molecule has 1 aromatic carbocycles. The first-order valence-corrected chi connectivity index (χ1v) is 6.68. The van der Waals surface area contributed by atoms with Gasteiger partial charge in [-0.3, -0.25) is 0 Å². The Bertz CT molecular complexity index is 359. The van der Waals surface area contributed by atoms with Crippen LogP contribution in [0.4, 0.5) is 0 Å². The third-order valence-electron chi connectivity index (χ3n) is 3.61. The molecule has 18 heavy (non-hydrogen) atoms. The minimum atomic E-state index is -0.133. The fourth-order valence-corrected chi connectivity index (χ4v) is 2.15. The van der Waals surface area contributed by atoms with Crippen molar-refractivity contribution < 1.29 is 9.84 Å². The number of likely N-dealkylation sites (N-methyl/N-ethyl adjacent to an activating group) is 1. The first-order valence-electron chi connectivity index (χ1n) is 6.68. The van der Waals surface area contributed by atoms with Crippen LogP contribution in [0.3, 0.4) is 0 Å². The Balaban J connectivity index is 1.72. The Morgan fingerprint density at radius 2 is 2.00 bits per heavy atom. The van der Waals surface area contributed by atoms with Crippen molar-refractivity contribution in [2.45, 2.75) is 25.4 Å². The number of hydrogen-bond donors (Lipinski definition) is 1. The van der Waals surface area contributed by atoms with Gasteiger partial charge in [0.2, 0.25) is 0 Å². The van der Waals surface area contributed by atoms with E-state index in [-0.39, 0.29) is 6.10 Å². The van der Waals surface area contributed by atoms with Crippen molar-refractivity contribution in [3.8, 4) is 5.75 Å². The van der Waals surface area contributed by atoms with Crippen LogP contribution < -0.4 is 4.74 Å². The fourth-order valence-electron chi connectivity index (χ4n) is 2.15. The first-order chi connectivity index (χ1) is 8.69. The SMILES string of the molecule is COc1ccc(CCN(C)CC(O)C2CC2)cc1. The van der Waals surface area contributed by atoms with E-state index in [9.17, 15) is 5.11 Å². The standard InChI is InChI=1S/C15H23NO2/c1-16(11-15(17)13-5-6-13)10-9-12-3-7-14(18-2)8-4-12/h3-4,7-8,13,15,17H,5-6,9-11H2,1-2H3. The summed E-state index contributed by atoms with van der Waals surface area (Å²) in [6.07, 6.45) is 3.28. The average molecular weight is 249 g/mol. The predicted molar refractivity (Wildman–Crippen MR) is 72.9 cm³/mol. The zero-order valence-electron chi connectivity index (χ0n) is 11.3. The molecule has 0 spiro atoms. The van der Waals surface area contributed by atoms with Gasteiger partial charge in [0.1, 0.15) is 5.75 Å². The second-order valence-electron chi connectivity index (χ2n) is 5.27. The van der Waals surface area contributed by atoms with E-state index < -0.39 is 0 Å². The summed E-state index contributed by atoms with van der Waals surface area (Å²) < 4.78 is 5.14. The zero-order valence-corrected chi connectivity index (χ0v) is 11.3. The lowest BCUT2D eigenvalue weighted by atomic mass is 10.1. The molecule has 1 fully saturated rings. The van der Waals surface area contributed by atoms with E-state index in [0.29, 0.717) is 5.92 Å². The predicted octanol–water partition coefficient (Wildman–Crippen LogP) is 1.94. The van der Waals surface area contributed by atoms with Gasteiger partial charge in [-0.15, -0.1) is 0 Å². The van der Waals surface area contributed by atoms with E-state index in [2.05, 4.69) is 24.1 Å². The van der Waals surface area contributed by atoms with Gasteiger partial charge in [-0.2, -0.15) is 0 Å². The van der Waals surface area contributed by atoms with Gasteiger partial charge >= 0.3 is 0 Å². The van der Waals surface area contributed by atoms with Crippen molar-refractivity contribution in [3.05, 3.63) is 29.8 Å². The molecule has 2 rings (SSSR count). The third-order valence-corrected chi connectivity index (χ3v) is 3.61. The molecule has 0 bridgehead atoms. The molecule has 0 heterocycles. The monoisotopic (exact) mass is 249 g/mol. The van der Waals surface area contributed by atoms with Gasteiger partial charge in [0, 0.05) is 13.1 Å². The van der Waals surface area contributed by atoms with Crippen LogP contribution in [0.15, 0.2) is 24.3 Å². The number of benzene rings is 1. The molecular formula is C15H23NO2. The first kappa shape index (κ1) is 13.4. The summed E-state index contributed by atoms with van der Waals surface area (Å²) >= 11 is 0. The van der Waals surface area contributed by atoms with E-state index in [1.165, 1.54) is 18.4 Å². The van der Waals surface area contributed by atoms with E-state index >= 15 is 0 Å². The maximum absolute atomic E-state index is 9.87. The smallest absolute Gasteiger partial charge is 0.118 e. The number of aliphatic hydroxyl groups excluding tert-OH is 1. The lowest BCUT2D eigenvalue weighted by Crippen LogP contribution is -2.31. The number of ether oxygens (including phenoxy) is 1.